The summed E-state index contributed by atoms with van der Waals surface area (Å²) in [6.07, 6.45) is 7.28. The quantitative estimate of drug-likeness (QED) is 0.588. The average Bonchev–Trinajstić information content (AvgIpc) is 2.05. The van der Waals surface area contributed by atoms with Gasteiger partial charge in [0.2, 0.25) is 0 Å². The molecule has 0 spiro atoms. The molecular weight excluding hydrogens is 150 g/mol. The smallest absolute Gasteiger partial charge is 0.145 e. The Kier molecular flexibility index (Phi) is 4.62. The standard InChI is InChI=1S/C10H21NO/c1-11(2)8-9-12-10-6-4-3-5-7-10/h10H,3-9H2,1-2H3/q+1. The molecule has 0 aromatic heterocycles. The summed E-state index contributed by atoms with van der Waals surface area (Å²) in [6.45, 7) is 1.95. The summed E-state index contributed by atoms with van der Waals surface area (Å²) < 4.78 is 5.75. The van der Waals surface area contributed by atoms with E-state index >= 15 is 0 Å². The Labute approximate surface area is 75.9 Å². The second-order valence-electron chi connectivity index (χ2n) is 3.93. The Morgan fingerprint density at radius 2 is 1.83 bits per heavy atom. The fourth-order valence-electron chi connectivity index (χ4n) is 1.63. The molecule has 1 radical (unpaired) electrons. The molecule has 0 saturated heterocycles. The molecule has 2 heteroatoms. The van der Waals surface area contributed by atoms with E-state index in [1.165, 1.54) is 32.1 Å². The third kappa shape index (κ3) is 4.07. The zero-order valence-corrected chi connectivity index (χ0v) is 8.38. The van der Waals surface area contributed by atoms with Crippen LogP contribution in [0.25, 0.3) is 0 Å². The second kappa shape index (κ2) is 5.55. The lowest BCUT2D eigenvalue weighted by Gasteiger charge is -2.21. The van der Waals surface area contributed by atoms with E-state index in [-0.39, 0.29) is 0 Å². The van der Waals surface area contributed by atoms with Crippen LogP contribution >= 0.6 is 0 Å². The van der Waals surface area contributed by atoms with Crippen LogP contribution in [0.5, 0.6) is 0 Å². The van der Waals surface area contributed by atoms with Crippen LogP contribution in [-0.2, 0) is 4.74 Å². The lowest BCUT2D eigenvalue weighted by Crippen LogP contribution is -2.27. The van der Waals surface area contributed by atoms with Crippen LogP contribution < -0.4 is 4.90 Å². The molecule has 0 N–H and O–H groups in total. The van der Waals surface area contributed by atoms with E-state index in [2.05, 4.69) is 19.0 Å². The molecule has 2 nitrogen and oxygen atoms in total. The maximum Gasteiger partial charge on any atom is 0.145 e. The number of nitrogens with zero attached hydrogens (tertiary/aromatic N) is 1. The zero-order chi connectivity index (χ0) is 8.81. The van der Waals surface area contributed by atoms with Gasteiger partial charge in [-0.05, 0) is 12.8 Å². The number of likely N-dealkylation sites (N-methyl/N-ethyl adjacent to an activating group) is 1. The fraction of sp³-hybridized carbons (Fsp3) is 1.00. The first-order valence-corrected chi connectivity index (χ1v) is 5.05. The molecule has 12 heavy (non-hydrogen) atoms. The minimum atomic E-state index is 0.568. The van der Waals surface area contributed by atoms with E-state index in [0.29, 0.717) is 6.10 Å². The highest BCUT2D eigenvalue weighted by atomic mass is 16.5. The third-order valence-corrected chi connectivity index (χ3v) is 2.44. The van der Waals surface area contributed by atoms with Crippen LogP contribution in [0.4, 0.5) is 0 Å². The topological polar surface area (TPSA) is 15.1 Å². The van der Waals surface area contributed by atoms with E-state index in [1.54, 1.807) is 0 Å². The summed E-state index contributed by atoms with van der Waals surface area (Å²) in [5.41, 5.74) is 0. The Morgan fingerprint density at radius 1 is 1.17 bits per heavy atom. The van der Waals surface area contributed by atoms with Crippen LogP contribution in [0.15, 0.2) is 0 Å². The van der Waals surface area contributed by atoms with Gasteiger partial charge in [0.05, 0.1) is 6.10 Å². The Bertz CT molecular complexity index is 108. The van der Waals surface area contributed by atoms with E-state index in [9.17, 15) is 0 Å². The van der Waals surface area contributed by atoms with Crippen LogP contribution in [-0.4, -0.2) is 33.4 Å². The SMILES string of the molecule is C[N+](C)CCOC1CCCCC1. The first-order valence-electron chi connectivity index (χ1n) is 5.05. The normalized spacial score (nSPS) is 20.2. The summed E-state index contributed by atoms with van der Waals surface area (Å²) in [4.78, 5) is 2.17. The van der Waals surface area contributed by atoms with Crippen LogP contribution in [0, 0.1) is 0 Å². The van der Waals surface area contributed by atoms with Gasteiger partial charge in [0.1, 0.15) is 27.2 Å². The van der Waals surface area contributed by atoms with E-state index in [0.717, 1.165) is 13.2 Å². The molecule has 1 fully saturated rings. The molecule has 0 unspecified atom stereocenters. The number of rotatable bonds is 4. The van der Waals surface area contributed by atoms with Gasteiger partial charge in [-0.15, -0.1) is 0 Å². The first-order chi connectivity index (χ1) is 5.79. The molecule has 1 aliphatic rings. The summed E-state index contributed by atoms with van der Waals surface area (Å²) in [5, 5.41) is 0. The van der Waals surface area contributed by atoms with E-state index in [4.69, 9.17) is 4.74 Å². The van der Waals surface area contributed by atoms with Gasteiger partial charge in [-0.3, -0.25) is 0 Å². The van der Waals surface area contributed by atoms with Gasteiger partial charge in [0.15, 0.2) is 0 Å². The summed E-state index contributed by atoms with van der Waals surface area (Å²) in [6, 6.07) is 0. The Balaban J connectivity index is 1.98. The van der Waals surface area contributed by atoms with Crippen molar-refractivity contribution in [1.82, 2.24) is 4.90 Å². The first kappa shape index (κ1) is 10.0. The van der Waals surface area contributed by atoms with Gasteiger partial charge in [0, 0.05) is 0 Å². The molecule has 0 amide bonds. The molecule has 1 rings (SSSR count). The van der Waals surface area contributed by atoms with Crippen molar-refractivity contribution in [2.24, 2.45) is 0 Å². The lowest BCUT2D eigenvalue weighted by atomic mass is 9.98. The van der Waals surface area contributed by atoms with Crippen molar-refractivity contribution < 1.29 is 4.74 Å². The molecule has 0 atom stereocenters. The van der Waals surface area contributed by atoms with Crippen LogP contribution in [0.3, 0.4) is 0 Å². The lowest BCUT2D eigenvalue weighted by molar-refractivity contribution is 0.0271. The Morgan fingerprint density at radius 3 is 2.42 bits per heavy atom. The van der Waals surface area contributed by atoms with Crippen molar-refractivity contribution in [2.45, 2.75) is 38.2 Å². The maximum atomic E-state index is 5.75. The summed E-state index contributed by atoms with van der Waals surface area (Å²) >= 11 is 0. The van der Waals surface area contributed by atoms with Crippen LogP contribution in [0.2, 0.25) is 0 Å². The molecule has 1 saturated carbocycles. The average molecular weight is 171 g/mol. The number of hydrogen-bond acceptors (Lipinski definition) is 2. The molecule has 71 valence electrons. The largest absolute Gasteiger partial charge is 0.372 e. The van der Waals surface area contributed by atoms with Crippen molar-refractivity contribution in [1.29, 1.82) is 0 Å². The van der Waals surface area contributed by atoms with Crippen LogP contribution in [0.1, 0.15) is 32.1 Å². The number of ether oxygens (including phenoxy) is 1. The summed E-state index contributed by atoms with van der Waals surface area (Å²) in [5.74, 6) is 0. The van der Waals surface area contributed by atoms with Crippen molar-refractivity contribution in [2.75, 3.05) is 27.2 Å². The number of hydrogen-bond donors (Lipinski definition) is 0. The predicted molar refractivity (Wildman–Crippen MR) is 51.7 cm³/mol. The van der Waals surface area contributed by atoms with E-state index in [1.807, 2.05) is 0 Å². The van der Waals surface area contributed by atoms with Gasteiger partial charge in [-0.25, -0.2) is 0 Å². The van der Waals surface area contributed by atoms with Gasteiger partial charge >= 0.3 is 0 Å². The molecule has 0 heterocycles. The molecule has 0 aliphatic heterocycles. The summed E-state index contributed by atoms with van der Waals surface area (Å²) in [7, 11) is 4.18. The third-order valence-electron chi connectivity index (χ3n) is 2.44. The predicted octanol–water partition coefficient (Wildman–Crippen LogP) is 1.74. The highest BCUT2D eigenvalue weighted by Gasteiger charge is 2.13. The highest BCUT2D eigenvalue weighted by molar-refractivity contribution is 4.65. The molecule has 0 aromatic carbocycles. The van der Waals surface area contributed by atoms with Gasteiger partial charge < -0.3 is 4.74 Å². The second-order valence-corrected chi connectivity index (χ2v) is 3.93. The van der Waals surface area contributed by atoms with Crippen molar-refractivity contribution >= 4 is 0 Å². The minimum absolute atomic E-state index is 0.568. The van der Waals surface area contributed by atoms with Gasteiger partial charge in [0.25, 0.3) is 0 Å². The fourth-order valence-corrected chi connectivity index (χ4v) is 1.63. The van der Waals surface area contributed by atoms with Gasteiger partial charge in [-0.2, -0.15) is 4.90 Å². The maximum absolute atomic E-state index is 5.75. The zero-order valence-electron chi connectivity index (χ0n) is 8.38. The minimum Gasteiger partial charge on any atom is -0.372 e. The van der Waals surface area contributed by atoms with E-state index < -0.39 is 0 Å². The monoisotopic (exact) mass is 171 g/mol. The Hall–Kier alpha value is -0.0800. The molecule has 0 aromatic rings. The molecule has 0 bridgehead atoms. The highest BCUT2D eigenvalue weighted by Crippen LogP contribution is 2.19. The van der Waals surface area contributed by atoms with Crippen molar-refractivity contribution in [3.63, 3.8) is 0 Å². The van der Waals surface area contributed by atoms with Crippen molar-refractivity contribution in [3.8, 4) is 0 Å². The molecule has 1 aliphatic carbocycles. The molecular formula is C10H21NO+. The van der Waals surface area contributed by atoms with Gasteiger partial charge in [-0.1, -0.05) is 19.3 Å². The van der Waals surface area contributed by atoms with Crippen molar-refractivity contribution in [3.05, 3.63) is 0 Å².